The van der Waals surface area contributed by atoms with Crippen molar-refractivity contribution in [1.82, 2.24) is 20.4 Å². The fourth-order valence-corrected chi connectivity index (χ4v) is 2.01. The first-order chi connectivity index (χ1) is 7.77. The van der Waals surface area contributed by atoms with Gasteiger partial charge < -0.3 is 20.4 Å². The van der Waals surface area contributed by atoms with Gasteiger partial charge in [-0.05, 0) is 6.42 Å². The number of piperazine rings is 1. The van der Waals surface area contributed by atoms with Crippen LogP contribution in [0, 0.1) is 0 Å². The van der Waals surface area contributed by atoms with Crippen LogP contribution in [-0.4, -0.2) is 67.6 Å². The summed E-state index contributed by atoms with van der Waals surface area (Å²) in [7, 11) is 0. The van der Waals surface area contributed by atoms with Gasteiger partial charge in [-0.3, -0.25) is 4.79 Å². The molecule has 2 aliphatic heterocycles. The van der Waals surface area contributed by atoms with E-state index in [2.05, 4.69) is 10.6 Å². The molecule has 0 saturated carbocycles. The summed E-state index contributed by atoms with van der Waals surface area (Å²) in [5.41, 5.74) is 0. The van der Waals surface area contributed by atoms with Crippen LogP contribution in [-0.2, 0) is 4.79 Å². The van der Waals surface area contributed by atoms with E-state index in [4.69, 9.17) is 0 Å². The van der Waals surface area contributed by atoms with Gasteiger partial charge in [0.15, 0.2) is 0 Å². The van der Waals surface area contributed by atoms with Crippen LogP contribution in [0.1, 0.15) is 6.42 Å². The molecule has 0 aromatic rings. The van der Waals surface area contributed by atoms with E-state index in [0.717, 1.165) is 39.1 Å². The summed E-state index contributed by atoms with van der Waals surface area (Å²) in [4.78, 5) is 26.7. The number of rotatable bonds is 2. The fraction of sp³-hybridized carbons (Fsp3) is 0.800. The normalized spacial score (nSPS) is 21.9. The molecule has 0 unspecified atom stereocenters. The number of carbonyl (C=O) groups is 2. The summed E-state index contributed by atoms with van der Waals surface area (Å²) in [6.45, 7) is 4.80. The number of amides is 3. The molecule has 2 aliphatic rings. The lowest BCUT2D eigenvalue weighted by atomic mass is 10.3. The summed E-state index contributed by atoms with van der Waals surface area (Å²) in [6.07, 6.45) is 0.917. The molecule has 0 bridgehead atoms. The molecule has 3 amide bonds. The van der Waals surface area contributed by atoms with Crippen LogP contribution in [0.4, 0.5) is 4.79 Å². The predicted octanol–water partition coefficient (Wildman–Crippen LogP) is -1.17. The Morgan fingerprint density at radius 2 is 1.94 bits per heavy atom. The third-order valence-corrected chi connectivity index (χ3v) is 2.96. The lowest BCUT2D eigenvalue weighted by molar-refractivity contribution is -0.132. The van der Waals surface area contributed by atoms with Gasteiger partial charge in [0.1, 0.15) is 6.54 Å². The number of nitrogens with one attached hydrogen (secondary N) is 2. The molecular weight excluding hydrogens is 208 g/mol. The summed E-state index contributed by atoms with van der Waals surface area (Å²) >= 11 is 0. The zero-order valence-corrected chi connectivity index (χ0v) is 9.37. The van der Waals surface area contributed by atoms with Crippen LogP contribution in [0.15, 0.2) is 0 Å². The third-order valence-electron chi connectivity index (χ3n) is 2.96. The molecular formula is C10H18N4O2. The Morgan fingerprint density at radius 1 is 1.19 bits per heavy atom. The van der Waals surface area contributed by atoms with Crippen molar-refractivity contribution in [3.05, 3.63) is 0 Å². The maximum atomic E-state index is 11.9. The van der Waals surface area contributed by atoms with E-state index in [1.165, 1.54) is 0 Å². The van der Waals surface area contributed by atoms with Crippen LogP contribution < -0.4 is 10.6 Å². The van der Waals surface area contributed by atoms with Gasteiger partial charge in [-0.2, -0.15) is 0 Å². The average Bonchev–Trinajstić information content (AvgIpc) is 2.33. The van der Waals surface area contributed by atoms with Crippen molar-refractivity contribution in [2.75, 3.05) is 45.8 Å². The molecule has 0 spiro atoms. The molecule has 0 aromatic carbocycles. The lowest BCUT2D eigenvalue weighted by Gasteiger charge is -2.32. The number of hydrogen-bond donors (Lipinski definition) is 2. The minimum absolute atomic E-state index is 0.0542. The Labute approximate surface area is 95.0 Å². The lowest BCUT2D eigenvalue weighted by Crippen LogP contribution is -2.53. The van der Waals surface area contributed by atoms with Gasteiger partial charge >= 0.3 is 6.03 Å². The first-order valence-corrected chi connectivity index (χ1v) is 5.78. The molecule has 2 fully saturated rings. The molecule has 0 atom stereocenters. The molecule has 0 aliphatic carbocycles. The van der Waals surface area contributed by atoms with Crippen LogP contribution in [0.5, 0.6) is 0 Å². The molecule has 2 saturated heterocycles. The van der Waals surface area contributed by atoms with E-state index in [0.29, 0.717) is 6.54 Å². The largest absolute Gasteiger partial charge is 0.339 e. The molecule has 2 heterocycles. The number of carbonyl (C=O) groups excluding carboxylic acids is 2. The van der Waals surface area contributed by atoms with E-state index in [1.54, 1.807) is 4.90 Å². The van der Waals surface area contributed by atoms with Crippen molar-refractivity contribution in [2.24, 2.45) is 0 Å². The first-order valence-electron chi connectivity index (χ1n) is 5.78. The van der Waals surface area contributed by atoms with E-state index < -0.39 is 0 Å². The number of urea groups is 1. The second-order valence-electron chi connectivity index (χ2n) is 4.14. The topological polar surface area (TPSA) is 64.7 Å². The monoisotopic (exact) mass is 226 g/mol. The molecule has 6 nitrogen and oxygen atoms in total. The molecule has 2 rings (SSSR count). The van der Waals surface area contributed by atoms with Crippen LogP contribution >= 0.6 is 0 Å². The van der Waals surface area contributed by atoms with Gasteiger partial charge in [-0.15, -0.1) is 0 Å². The minimum Gasteiger partial charge on any atom is -0.339 e. The highest BCUT2D eigenvalue weighted by molar-refractivity contribution is 5.84. The fourth-order valence-electron chi connectivity index (χ4n) is 2.01. The van der Waals surface area contributed by atoms with Crippen molar-refractivity contribution in [3.63, 3.8) is 0 Å². The molecule has 90 valence electrons. The Balaban J connectivity index is 1.83. The predicted molar refractivity (Wildman–Crippen MR) is 59.0 cm³/mol. The molecule has 16 heavy (non-hydrogen) atoms. The van der Waals surface area contributed by atoms with Crippen LogP contribution in [0.25, 0.3) is 0 Å². The van der Waals surface area contributed by atoms with Gasteiger partial charge in [0, 0.05) is 39.3 Å². The first kappa shape index (κ1) is 11.2. The third kappa shape index (κ3) is 2.63. The summed E-state index contributed by atoms with van der Waals surface area (Å²) in [6, 6.07) is -0.116. The van der Waals surface area contributed by atoms with Gasteiger partial charge in [-0.25, -0.2) is 4.79 Å². The number of nitrogens with zero attached hydrogens (tertiary/aromatic N) is 2. The van der Waals surface area contributed by atoms with Gasteiger partial charge in [-0.1, -0.05) is 0 Å². The molecule has 0 radical (unpaired) electrons. The van der Waals surface area contributed by atoms with Crippen molar-refractivity contribution >= 4 is 11.9 Å². The SMILES string of the molecule is O=C(CN1CCCNC1=O)N1CCNCC1. The average molecular weight is 226 g/mol. The highest BCUT2D eigenvalue weighted by Crippen LogP contribution is 2.01. The minimum atomic E-state index is -0.116. The Kier molecular flexibility index (Phi) is 3.61. The van der Waals surface area contributed by atoms with E-state index in [9.17, 15) is 9.59 Å². The van der Waals surface area contributed by atoms with Crippen LogP contribution in [0.3, 0.4) is 0 Å². The maximum absolute atomic E-state index is 11.9. The Morgan fingerprint density at radius 3 is 2.62 bits per heavy atom. The zero-order chi connectivity index (χ0) is 11.4. The second kappa shape index (κ2) is 5.16. The van der Waals surface area contributed by atoms with Crippen molar-refractivity contribution in [3.8, 4) is 0 Å². The van der Waals surface area contributed by atoms with E-state index in [1.807, 2.05) is 4.90 Å². The van der Waals surface area contributed by atoms with Crippen molar-refractivity contribution in [1.29, 1.82) is 0 Å². The zero-order valence-electron chi connectivity index (χ0n) is 9.37. The number of hydrogen-bond acceptors (Lipinski definition) is 3. The summed E-state index contributed by atoms with van der Waals surface area (Å²) in [5, 5.41) is 5.94. The quantitative estimate of drug-likeness (QED) is 0.624. The Hall–Kier alpha value is -1.30. The maximum Gasteiger partial charge on any atom is 0.317 e. The van der Waals surface area contributed by atoms with Crippen molar-refractivity contribution in [2.45, 2.75) is 6.42 Å². The van der Waals surface area contributed by atoms with E-state index in [-0.39, 0.29) is 18.5 Å². The summed E-state index contributed by atoms with van der Waals surface area (Å²) < 4.78 is 0. The highest BCUT2D eigenvalue weighted by Gasteiger charge is 2.23. The van der Waals surface area contributed by atoms with Gasteiger partial charge in [0.05, 0.1) is 0 Å². The van der Waals surface area contributed by atoms with E-state index >= 15 is 0 Å². The molecule has 2 N–H and O–H groups in total. The van der Waals surface area contributed by atoms with Gasteiger partial charge in [0.25, 0.3) is 0 Å². The van der Waals surface area contributed by atoms with Crippen LogP contribution in [0.2, 0.25) is 0 Å². The summed E-state index contributed by atoms with van der Waals surface area (Å²) in [5.74, 6) is 0.0542. The highest BCUT2D eigenvalue weighted by atomic mass is 16.2. The molecule has 0 aromatic heterocycles. The molecule has 6 heteroatoms. The van der Waals surface area contributed by atoms with Crippen molar-refractivity contribution < 1.29 is 9.59 Å². The second-order valence-corrected chi connectivity index (χ2v) is 4.14. The standard InChI is InChI=1S/C10H18N4O2/c15-9(13-6-3-11-4-7-13)8-14-5-1-2-12-10(14)16/h11H,1-8H2,(H,12,16). The Bertz CT molecular complexity index is 276. The smallest absolute Gasteiger partial charge is 0.317 e. The van der Waals surface area contributed by atoms with Gasteiger partial charge in [0.2, 0.25) is 5.91 Å².